The lowest BCUT2D eigenvalue weighted by atomic mass is 9.87. The lowest BCUT2D eigenvalue weighted by Gasteiger charge is -2.30. The highest BCUT2D eigenvalue weighted by Gasteiger charge is 2.27. The monoisotopic (exact) mass is 486 g/mol. The van der Waals surface area contributed by atoms with Gasteiger partial charge >= 0.3 is 0 Å². The minimum atomic E-state index is -0.135. The van der Waals surface area contributed by atoms with Crippen molar-refractivity contribution >= 4 is 34.8 Å². The predicted molar refractivity (Wildman–Crippen MR) is 132 cm³/mol. The Kier molecular flexibility index (Phi) is 7.07. The summed E-state index contributed by atoms with van der Waals surface area (Å²) in [5.41, 5.74) is 2.88. The predicted octanol–water partition coefficient (Wildman–Crippen LogP) is 6.19. The number of hydrogen-bond donors (Lipinski definition) is 1. The molecular weight excluding hydrogens is 459 g/mol. The Balaban J connectivity index is 1.37. The number of halogens is 2. The first-order valence-electron chi connectivity index (χ1n) is 11.1. The minimum Gasteiger partial charge on any atom is -0.338 e. The van der Waals surface area contributed by atoms with Gasteiger partial charge in [0.05, 0.1) is 12.5 Å². The number of nitrogens with zero attached hydrogens (tertiary/aromatic N) is 3. The zero-order valence-electron chi connectivity index (χ0n) is 19.1. The smallest absolute Gasteiger partial charge is 0.241 e. The van der Waals surface area contributed by atoms with Crippen molar-refractivity contribution in [1.29, 1.82) is 0 Å². The molecule has 1 unspecified atom stereocenters. The number of carbonyl (C=O) groups excluding carboxylic acids is 1. The summed E-state index contributed by atoms with van der Waals surface area (Å²) in [6.07, 6.45) is 1.75. The first kappa shape index (κ1) is 23.7. The molecule has 8 heteroatoms. The fourth-order valence-electron chi connectivity index (χ4n) is 4.03. The van der Waals surface area contributed by atoms with Crippen molar-refractivity contribution in [2.45, 2.75) is 45.6 Å². The molecule has 1 aliphatic rings. The zero-order chi connectivity index (χ0) is 23.6. The summed E-state index contributed by atoms with van der Waals surface area (Å²) >= 11 is 12.1. The van der Waals surface area contributed by atoms with E-state index in [0.717, 1.165) is 24.9 Å². The van der Waals surface area contributed by atoms with Crippen LogP contribution in [0.3, 0.4) is 0 Å². The van der Waals surface area contributed by atoms with Crippen molar-refractivity contribution in [2.75, 3.05) is 18.4 Å². The van der Waals surface area contributed by atoms with Gasteiger partial charge in [0.25, 0.3) is 0 Å². The molecule has 2 aromatic carbocycles. The van der Waals surface area contributed by atoms with Gasteiger partial charge in [0.1, 0.15) is 0 Å². The molecule has 2 heterocycles. The van der Waals surface area contributed by atoms with Crippen LogP contribution >= 0.6 is 23.2 Å². The third kappa shape index (κ3) is 6.14. The maximum Gasteiger partial charge on any atom is 0.241 e. The zero-order valence-corrected chi connectivity index (χ0v) is 20.6. The van der Waals surface area contributed by atoms with E-state index in [2.05, 4.69) is 53.3 Å². The molecule has 0 spiro atoms. The highest BCUT2D eigenvalue weighted by atomic mass is 35.5. The topological polar surface area (TPSA) is 71.3 Å². The first-order chi connectivity index (χ1) is 15.7. The Morgan fingerprint density at radius 3 is 2.52 bits per heavy atom. The Morgan fingerprint density at radius 1 is 1.15 bits per heavy atom. The molecule has 0 radical (unpaired) electrons. The van der Waals surface area contributed by atoms with E-state index in [9.17, 15) is 4.79 Å². The van der Waals surface area contributed by atoms with Crippen LogP contribution in [-0.2, 0) is 16.8 Å². The molecule has 3 aromatic rings. The lowest BCUT2D eigenvalue weighted by Crippen LogP contribution is -2.40. The molecule has 0 saturated carbocycles. The van der Waals surface area contributed by atoms with Crippen LogP contribution in [0.15, 0.2) is 47.0 Å². The van der Waals surface area contributed by atoms with Gasteiger partial charge in [0.2, 0.25) is 17.6 Å². The molecule has 1 fully saturated rings. The fraction of sp³-hybridized carbons (Fsp3) is 0.400. The van der Waals surface area contributed by atoms with Gasteiger partial charge in [-0.15, -0.1) is 0 Å². The van der Waals surface area contributed by atoms with Gasteiger partial charge in [0.15, 0.2) is 0 Å². The molecule has 1 aromatic heterocycles. The number of carbonyl (C=O) groups is 1. The van der Waals surface area contributed by atoms with Crippen LogP contribution in [0.1, 0.15) is 45.1 Å². The Labute approximate surface area is 204 Å². The van der Waals surface area contributed by atoms with Crippen molar-refractivity contribution in [3.8, 4) is 11.4 Å². The average molecular weight is 487 g/mol. The van der Waals surface area contributed by atoms with E-state index in [-0.39, 0.29) is 17.2 Å². The van der Waals surface area contributed by atoms with Crippen LogP contribution in [0.25, 0.3) is 11.4 Å². The average Bonchev–Trinajstić information content (AvgIpc) is 3.21. The number of aromatic nitrogens is 2. The van der Waals surface area contributed by atoms with Gasteiger partial charge in [0, 0.05) is 27.8 Å². The number of hydrogen-bond acceptors (Lipinski definition) is 5. The van der Waals surface area contributed by atoms with Crippen LogP contribution in [0.2, 0.25) is 10.0 Å². The second-order valence-corrected chi connectivity index (χ2v) is 10.4. The van der Waals surface area contributed by atoms with E-state index < -0.39 is 0 Å². The van der Waals surface area contributed by atoms with Crippen molar-refractivity contribution in [1.82, 2.24) is 15.0 Å². The summed E-state index contributed by atoms with van der Waals surface area (Å²) in [6.45, 7) is 8.57. The number of nitrogens with one attached hydrogen (secondary N) is 1. The van der Waals surface area contributed by atoms with Crippen molar-refractivity contribution in [3.63, 3.8) is 0 Å². The lowest BCUT2D eigenvalue weighted by molar-refractivity contribution is -0.121. The Bertz CT molecular complexity index is 1100. The normalized spacial score (nSPS) is 17.2. The summed E-state index contributed by atoms with van der Waals surface area (Å²) in [6, 6.07) is 13.3. The molecule has 1 saturated heterocycles. The van der Waals surface area contributed by atoms with Crippen LogP contribution in [0, 0.1) is 5.92 Å². The first-order valence-corrected chi connectivity index (χ1v) is 11.9. The molecule has 0 aliphatic carbocycles. The van der Waals surface area contributed by atoms with Gasteiger partial charge in [-0.05, 0) is 48.6 Å². The quantitative estimate of drug-likeness (QED) is 0.465. The summed E-state index contributed by atoms with van der Waals surface area (Å²) in [7, 11) is 0. The molecule has 174 valence electrons. The Morgan fingerprint density at radius 2 is 1.85 bits per heavy atom. The number of likely N-dealkylation sites (tertiary alicyclic amines) is 1. The van der Waals surface area contributed by atoms with E-state index in [1.165, 1.54) is 5.56 Å². The van der Waals surface area contributed by atoms with E-state index >= 15 is 0 Å². The molecule has 6 nitrogen and oxygen atoms in total. The highest BCUT2D eigenvalue weighted by molar-refractivity contribution is 6.35. The number of anilines is 1. The van der Waals surface area contributed by atoms with Crippen LogP contribution in [-0.4, -0.2) is 34.0 Å². The van der Waals surface area contributed by atoms with Crippen LogP contribution in [0.4, 0.5) is 5.69 Å². The third-order valence-electron chi connectivity index (χ3n) is 5.84. The summed E-state index contributed by atoms with van der Waals surface area (Å²) in [5.74, 6) is 0.953. The van der Waals surface area contributed by atoms with E-state index in [0.29, 0.717) is 40.5 Å². The standard InChI is InChI=1S/C25H28Cl2N4O2/c1-25(2,3)18-8-6-16(7-9-18)23-29-22(33-30-23)15-31-10-4-5-17(14-31)24(32)28-21-12-19(26)11-20(27)13-21/h6-9,11-13,17H,4-5,10,14-15H2,1-3H3,(H,28,32). The highest BCUT2D eigenvalue weighted by Crippen LogP contribution is 2.27. The van der Waals surface area contributed by atoms with Gasteiger partial charge < -0.3 is 9.84 Å². The number of rotatable bonds is 5. The minimum absolute atomic E-state index is 0.0387. The van der Waals surface area contributed by atoms with Gasteiger partial charge in [-0.3, -0.25) is 9.69 Å². The van der Waals surface area contributed by atoms with Crippen LogP contribution < -0.4 is 5.32 Å². The van der Waals surface area contributed by atoms with E-state index in [1.54, 1.807) is 18.2 Å². The molecule has 33 heavy (non-hydrogen) atoms. The summed E-state index contributed by atoms with van der Waals surface area (Å²) in [5, 5.41) is 8.06. The Hall–Kier alpha value is -2.41. The maximum absolute atomic E-state index is 12.8. The van der Waals surface area contributed by atoms with E-state index in [4.69, 9.17) is 27.7 Å². The second-order valence-electron chi connectivity index (χ2n) is 9.56. The van der Waals surface area contributed by atoms with Crippen molar-refractivity contribution in [2.24, 2.45) is 5.92 Å². The second kappa shape index (κ2) is 9.84. The molecule has 1 aliphatic heterocycles. The number of amides is 1. The maximum atomic E-state index is 12.8. The third-order valence-corrected chi connectivity index (χ3v) is 6.28. The van der Waals surface area contributed by atoms with Crippen LogP contribution in [0.5, 0.6) is 0 Å². The summed E-state index contributed by atoms with van der Waals surface area (Å²) in [4.78, 5) is 19.6. The fourth-order valence-corrected chi connectivity index (χ4v) is 4.56. The SMILES string of the molecule is CC(C)(C)c1ccc(-c2noc(CN3CCCC(C(=O)Nc4cc(Cl)cc(Cl)c4)C3)n2)cc1. The van der Waals surface area contributed by atoms with Gasteiger partial charge in [-0.1, -0.05) is 73.4 Å². The van der Waals surface area contributed by atoms with Gasteiger partial charge in [-0.25, -0.2) is 0 Å². The largest absolute Gasteiger partial charge is 0.338 e. The number of benzene rings is 2. The molecule has 4 rings (SSSR count). The van der Waals surface area contributed by atoms with Crippen molar-refractivity contribution < 1.29 is 9.32 Å². The molecule has 1 N–H and O–H groups in total. The molecule has 0 bridgehead atoms. The van der Waals surface area contributed by atoms with Gasteiger partial charge in [-0.2, -0.15) is 4.98 Å². The van der Waals surface area contributed by atoms with Crippen molar-refractivity contribution in [3.05, 3.63) is 64.0 Å². The summed E-state index contributed by atoms with van der Waals surface area (Å²) < 4.78 is 5.50. The molecular formula is C25H28Cl2N4O2. The molecule has 1 amide bonds. The van der Waals surface area contributed by atoms with E-state index in [1.807, 2.05) is 12.1 Å². The number of piperidine rings is 1. The molecule has 1 atom stereocenters.